The third-order valence-electron chi connectivity index (χ3n) is 11.9. The molecule has 0 N–H and O–H groups in total. The summed E-state index contributed by atoms with van der Waals surface area (Å²) >= 11 is 0. The Labute approximate surface area is 464 Å². The van der Waals surface area contributed by atoms with Gasteiger partial charge in [-0.15, -0.1) is 142 Å². The van der Waals surface area contributed by atoms with Crippen molar-refractivity contribution in [3.8, 4) is 89.0 Å². The Hall–Kier alpha value is -8.04. The summed E-state index contributed by atoms with van der Waals surface area (Å²) in [5.74, 6) is 0. The summed E-state index contributed by atoms with van der Waals surface area (Å²) in [6.07, 6.45) is 0. The molecule has 0 aromatic heterocycles. The molecule has 0 spiro atoms. The van der Waals surface area contributed by atoms with E-state index in [1.807, 2.05) is 48.5 Å². The minimum Gasteiger partial charge on any atom is -0.129 e. The fraction of sp³-hybridized carbons (Fsp3) is 0. The van der Waals surface area contributed by atoms with Crippen LogP contribution in [0.5, 0.6) is 0 Å². The minimum atomic E-state index is 0. The van der Waals surface area contributed by atoms with Crippen LogP contribution in [0.4, 0.5) is 0 Å². The molecule has 0 aliphatic heterocycles. The van der Waals surface area contributed by atoms with Crippen molar-refractivity contribution in [1.29, 1.82) is 0 Å². The van der Waals surface area contributed by atoms with Gasteiger partial charge in [-0.2, -0.15) is 0 Å². The summed E-state index contributed by atoms with van der Waals surface area (Å²) < 4.78 is 0. The standard InChI is InChI=1S/4C18H13.Th/c4*1-3-8-15(9-4-1)17-12-7-13-18(14-17)16-10-5-2-6-11-16;/h4*1-13H;/q4*-1;+4. The fourth-order valence-corrected chi connectivity index (χ4v) is 8.16. The molecule has 12 aromatic carbocycles. The molecule has 0 unspecified atom stereocenters. The van der Waals surface area contributed by atoms with Gasteiger partial charge in [0.15, 0.2) is 0 Å². The number of hydrogen-bond acceptors (Lipinski definition) is 0. The Kier molecular flexibility index (Phi) is 19.4. The molecule has 0 saturated heterocycles. The molecular formula is C72H52Th. The monoisotopic (exact) mass is 1150 g/mol. The Balaban J connectivity index is 0.000000129. The maximum absolute atomic E-state index is 3.48. The summed E-state index contributed by atoms with van der Waals surface area (Å²) in [7, 11) is 0. The predicted molar refractivity (Wildman–Crippen MR) is 305 cm³/mol. The molecule has 12 rings (SSSR count). The van der Waals surface area contributed by atoms with Crippen LogP contribution in [0.1, 0.15) is 0 Å². The number of rotatable bonds is 8. The summed E-state index contributed by atoms with van der Waals surface area (Å²) in [6.45, 7) is 0. The Bertz CT molecular complexity index is 2760. The van der Waals surface area contributed by atoms with Crippen LogP contribution < -0.4 is 0 Å². The Morgan fingerprint density at radius 2 is 0.233 bits per heavy atom. The van der Waals surface area contributed by atoms with Gasteiger partial charge in [-0.25, -0.2) is 0 Å². The van der Waals surface area contributed by atoms with Crippen LogP contribution in [0.25, 0.3) is 89.0 Å². The van der Waals surface area contributed by atoms with E-state index in [-0.39, 0.29) is 39.9 Å². The van der Waals surface area contributed by atoms with E-state index in [0.29, 0.717) is 0 Å². The van der Waals surface area contributed by atoms with Gasteiger partial charge in [0, 0.05) is 0 Å². The Morgan fingerprint density at radius 1 is 0.123 bits per heavy atom. The minimum absolute atomic E-state index is 0. The molecule has 0 aliphatic carbocycles. The number of hydrogen-bond donors (Lipinski definition) is 0. The van der Waals surface area contributed by atoms with Crippen LogP contribution in [0.2, 0.25) is 0 Å². The van der Waals surface area contributed by atoms with E-state index in [1.165, 1.54) is 44.5 Å². The maximum Gasteiger partial charge on any atom is 4.00 e. The molecule has 0 bridgehead atoms. The van der Waals surface area contributed by atoms with Crippen molar-refractivity contribution in [1.82, 2.24) is 0 Å². The first-order valence-corrected chi connectivity index (χ1v) is 24.3. The average Bonchev–Trinajstić information content (AvgIpc) is 3.49. The van der Waals surface area contributed by atoms with Crippen LogP contribution in [-0.4, -0.2) is 0 Å². The van der Waals surface area contributed by atoms with E-state index in [9.17, 15) is 0 Å². The van der Waals surface area contributed by atoms with Crippen molar-refractivity contribution in [2.24, 2.45) is 0 Å². The van der Waals surface area contributed by atoms with Crippen molar-refractivity contribution < 1.29 is 39.9 Å². The molecule has 0 heterocycles. The van der Waals surface area contributed by atoms with Crippen molar-refractivity contribution in [2.45, 2.75) is 0 Å². The molecule has 0 nitrogen and oxygen atoms in total. The van der Waals surface area contributed by atoms with E-state index >= 15 is 0 Å². The van der Waals surface area contributed by atoms with Crippen LogP contribution >= 0.6 is 0 Å². The van der Waals surface area contributed by atoms with Crippen LogP contribution in [0.15, 0.2) is 315 Å². The van der Waals surface area contributed by atoms with Gasteiger partial charge < -0.3 is 0 Å². The van der Waals surface area contributed by atoms with Gasteiger partial charge >= 0.3 is 39.9 Å². The van der Waals surface area contributed by atoms with Gasteiger partial charge in [-0.1, -0.05) is 287 Å². The molecule has 0 radical (unpaired) electrons. The summed E-state index contributed by atoms with van der Waals surface area (Å²) in [5, 5.41) is 0. The molecule has 344 valence electrons. The quantitative estimate of drug-likeness (QED) is 0.133. The van der Waals surface area contributed by atoms with Crippen molar-refractivity contribution in [2.75, 3.05) is 0 Å². The van der Waals surface area contributed by atoms with E-state index < -0.39 is 0 Å². The van der Waals surface area contributed by atoms with Crippen LogP contribution in [0.3, 0.4) is 0 Å². The average molecular weight is 1150 g/mol. The first-order valence-electron chi connectivity index (χ1n) is 24.3. The second-order valence-corrected chi connectivity index (χ2v) is 16.8. The van der Waals surface area contributed by atoms with E-state index in [0.717, 1.165) is 44.5 Å². The third kappa shape index (κ3) is 15.0. The smallest absolute Gasteiger partial charge is 0.129 e. The molecule has 0 atom stereocenters. The summed E-state index contributed by atoms with van der Waals surface area (Å²) in [4.78, 5) is 0. The summed E-state index contributed by atoms with van der Waals surface area (Å²) in [5.41, 5.74) is 18.7. The van der Waals surface area contributed by atoms with Crippen molar-refractivity contribution in [3.63, 3.8) is 0 Å². The zero-order valence-corrected chi connectivity index (χ0v) is 44.6. The molecular weight excluding hydrogens is 1100 g/mol. The van der Waals surface area contributed by atoms with Gasteiger partial charge in [-0.3, -0.25) is 0 Å². The first kappa shape index (κ1) is 51.3. The summed E-state index contributed by atoms with van der Waals surface area (Å²) in [6, 6.07) is 122. The van der Waals surface area contributed by atoms with Crippen LogP contribution in [-0.2, 0) is 0 Å². The topological polar surface area (TPSA) is 0 Å². The fourth-order valence-electron chi connectivity index (χ4n) is 8.16. The van der Waals surface area contributed by atoms with Gasteiger partial charge in [0.25, 0.3) is 0 Å². The predicted octanol–water partition coefficient (Wildman–Crippen LogP) is 19.3. The molecule has 12 aromatic rings. The second kappa shape index (κ2) is 27.5. The first-order chi connectivity index (χ1) is 35.7. The van der Waals surface area contributed by atoms with Gasteiger partial charge in [0.1, 0.15) is 0 Å². The Morgan fingerprint density at radius 3 is 0.342 bits per heavy atom. The normalized spacial score (nSPS) is 10.1. The molecule has 0 amide bonds. The zero-order chi connectivity index (χ0) is 48.8. The van der Waals surface area contributed by atoms with E-state index in [2.05, 4.69) is 291 Å². The molecule has 1 heteroatoms. The largest absolute Gasteiger partial charge is 4.00 e. The maximum atomic E-state index is 3.48. The van der Waals surface area contributed by atoms with Crippen molar-refractivity contribution in [3.05, 3.63) is 340 Å². The van der Waals surface area contributed by atoms with Crippen LogP contribution in [0, 0.1) is 64.2 Å². The molecule has 0 fully saturated rings. The zero-order valence-electron chi connectivity index (χ0n) is 40.5. The SMILES string of the molecule is [Th+4].[c-]1c(-c2ccccc2)cccc1-c1ccccc1.[c-]1c(-c2ccccc2)cccc1-c1ccccc1.[c-]1c(-c2ccccc2)cccc1-c1ccccc1.[c-]1c(-c2ccccc2)cccc1-c1ccccc1. The molecule has 0 saturated carbocycles. The second-order valence-electron chi connectivity index (χ2n) is 16.8. The third-order valence-corrected chi connectivity index (χ3v) is 11.9. The van der Waals surface area contributed by atoms with E-state index in [4.69, 9.17) is 0 Å². The van der Waals surface area contributed by atoms with Gasteiger partial charge in [0.05, 0.1) is 0 Å². The van der Waals surface area contributed by atoms with Crippen molar-refractivity contribution >= 4 is 0 Å². The molecule has 0 aliphatic rings. The number of benzene rings is 12. The van der Waals surface area contributed by atoms with Gasteiger partial charge in [0.2, 0.25) is 0 Å². The van der Waals surface area contributed by atoms with Gasteiger partial charge in [-0.05, 0) is 0 Å². The van der Waals surface area contributed by atoms with E-state index in [1.54, 1.807) is 0 Å². The molecule has 73 heavy (non-hydrogen) atoms.